The van der Waals surface area contributed by atoms with Crippen molar-refractivity contribution in [3.05, 3.63) is 0 Å². The molecule has 2 amide bonds. The minimum atomic E-state index is -0.976. The lowest BCUT2D eigenvalue weighted by Gasteiger charge is -2.33. The first-order valence-electron chi connectivity index (χ1n) is 5.22. The summed E-state index contributed by atoms with van der Waals surface area (Å²) in [5, 5.41) is 8.57. The van der Waals surface area contributed by atoms with E-state index >= 15 is 0 Å². The molecule has 0 saturated carbocycles. The normalized spacial score (nSPS) is 21.2. The highest BCUT2D eigenvalue weighted by Crippen LogP contribution is 2.16. The van der Waals surface area contributed by atoms with Crippen molar-refractivity contribution in [3.8, 4) is 0 Å². The van der Waals surface area contributed by atoms with E-state index in [4.69, 9.17) is 5.11 Å². The van der Waals surface area contributed by atoms with Gasteiger partial charge >= 0.3 is 12.0 Å². The number of rotatable bonds is 2. The van der Waals surface area contributed by atoms with Gasteiger partial charge in [0.05, 0.1) is 0 Å². The summed E-state index contributed by atoms with van der Waals surface area (Å²) in [5.74, 6) is -0.461. The van der Waals surface area contributed by atoms with Gasteiger partial charge in [-0.05, 0) is 18.8 Å². The first-order chi connectivity index (χ1) is 7.00. The van der Waals surface area contributed by atoms with Crippen molar-refractivity contribution in [3.63, 3.8) is 0 Å². The molecule has 0 radical (unpaired) electrons. The molecule has 0 aromatic heterocycles. The van der Waals surface area contributed by atoms with Crippen LogP contribution in [0.15, 0.2) is 0 Å². The molecule has 0 bridgehead atoms. The van der Waals surface area contributed by atoms with Crippen molar-refractivity contribution in [2.24, 2.45) is 5.92 Å². The van der Waals surface area contributed by atoms with Crippen LogP contribution >= 0.6 is 0 Å². The number of aliphatic carboxylic acids is 1. The Morgan fingerprint density at radius 2 is 2.20 bits per heavy atom. The highest BCUT2D eigenvalue weighted by molar-refractivity contribution is 5.79. The highest BCUT2D eigenvalue weighted by atomic mass is 16.4. The largest absolute Gasteiger partial charge is 0.480 e. The number of carboxylic acid groups (broad SMARTS) is 1. The lowest BCUT2D eigenvalue weighted by atomic mass is 10.0. The Morgan fingerprint density at radius 3 is 2.73 bits per heavy atom. The summed E-state index contributed by atoms with van der Waals surface area (Å²) < 4.78 is 0. The van der Waals surface area contributed by atoms with Gasteiger partial charge < -0.3 is 14.9 Å². The number of nitrogens with zero attached hydrogens (tertiary/aromatic N) is 2. The van der Waals surface area contributed by atoms with E-state index in [1.807, 2.05) is 0 Å². The zero-order valence-corrected chi connectivity index (χ0v) is 9.27. The second-order valence-corrected chi connectivity index (χ2v) is 4.23. The number of piperidine rings is 1. The van der Waals surface area contributed by atoms with Crippen molar-refractivity contribution in [2.45, 2.75) is 19.8 Å². The maximum atomic E-state index is 11.8. The molecule has 15 heavy (non-hydrogen) atoms. The molecule has 0 spiro atoms. The fourth-order valence-corrected chi connectivity index (χ4v) is 1.88. The molecule has 1 N–H and O–H groups in total. The third-order valence-corrected chi connectivity index (χ3v) is 2.63. The molecule has 5 nitrogen and oxygen atoms in total. The van der Waals surface area contributed by atoms with Crippen molar-refractivity contribution >= 4 is 12.0 Å². The van der Waals surface area contributed by atoms with Crippen LogP contribution in [0.1, 0.15) is 19.8 Å². The van der Waals surface area contributed by atoms with Crippen molar-refractivity contribution in [1.82, 2.24) is 9.80 Å². The van der Waals surface area contributed by atoms with E-state index < -0.39 is 5.97 Å². The van der Waals surface area contributed by atoms with Gasteiger partial charge in [-0.2, -0.15) is 0 Å². The molecule has 1 aliphatic heterocycles. The summed E-state index contributed by atoms with van der Waals surface area (Å²) in [6.07, 6.45) is 2.15. The third kappa shape index (κ3) is 3.42. The smallest absolute Gasteiger partial charge is 0.323 e. The van der Waals surface area contributed by atoms with Crippen molar-refractivity contribution < 1.29 is 14.7 Å². The molecule has 1 fully saturated rings. The molecule has 1 saturated heterocycles. The SMILES string of the molecule is CC1CCCN(C(=O)N(C)CC(=O)O)C1. The van der Waals surface area contributed by atoms with E-state index in [1.54, 1.807) is 4.90 Å². The standard InChI is InChI=1S/C10H18N2O3/c1-8-4-3-5-12(6-8)10(15)11(2)7-9(13)14/h8H,3-7H2,1-2H3,(H,13,14). The zero-order chi connectivity index (χ0) is 11.4. The predicted octanol–water partition coefficient (Wildman–Crippen LogP) is 0.855. The number of likely N-dealkylation sites (N-methyl/N-ethyl adjacent to an activating group) is 1. The zero-order valence-electron chi connectivity index (χ0n) is 9.27. The Bertz CT molecular complexity index is 255. The number of amides is 2. The van der Waals surface area contributed by atoms with Crippen LogP contribution in [0.2, 0.25) is 0 Å². The summed E-state index contributed by atoms with van der Waals surface area (Å²) >= 11 is 0. The number of hydrogen-bond donors (Lipinski definition) is 1. The Kier molecular flexibility index (Phi) is 3.94. The number of carboxylic acids is 1. The van der Waals surface area contributed by atoms with Crippen molar-refractivity contribution in [1.29, 1.82) is 0 Å². The fraction of sp³-hybridized carbons (Fsp3) is 0.800. The lowest BCUT2D eigenvalue weighted by molar-refractivity contribution is -0.137. The molecule has 0 aliphatic carbocycles. The van der Waals surface area contributed by atoms with E-state index in [0.29, 0.717) is 5.92 Å². The van der Waals surface area contributed by atoms with Crippen LogP contribution in [0.3, 0.4) is 0 Å². The van der Waals surface area contributed by atoms with Crippen LogP contribution in [0.5, 0.6) is 0 Å². The van der Waals surface area contributed by atoms with Crippen LogP contribution in [-0.4, -0.2) is 53.6 Å². The maximum Gasteiger partial charge on any atom is 0.323 e. The molecule has 0 aromatic rings. The number of carbonyl (C=O) groups is 2. The molecular formula is C10H18N2O3. The lowest BCUT2D eigenvalue weighted by Crippen LogP contribution is -2.47. The molecule has 0 aromatic carbocycles. The van der Waals surface area contributed by atoms with E-state index in [-0.39, 0.29) is 12.6 Å². The number of likely N-dealkylation sites (tertiary alicyclic amines) is 1. The summed E-state index contributed by atoms with van der Waals surface area (Å²) in [7, 11) is 1.52. The predicted molar refractivity (Wildman–Crippen MR) is 55.6 cm³/mol. The van der Waals surface area contributed by atoms with Gasteiger partial charge in [0, 0.05) is 20.1 Å². The highest BCUT2D eigenvalue weighted by Gasteiger charge is 2.24. The minimum absolute atomic E-state index is 0.177. The average Bonchev–Trinajstić information content (AvgIpc) is 2.15. The van der Waals surface area contributed by atoms with Gasteiger partial charge in [-0.1, -0.05) is 6.92 Å². The van der Waals surface area contributed by atoms with E-state index in [1.165, 1.54) is 11.9 Å². The van der Waals surface area contributed by atoms with Gasteiger partial charge in [-0.25, -0.2) is 4.79 Å². The Balaban J connectivity index is 2.47. The Hall–Kier alpha value is -1.26. The van der Waals surface area contributed by atoms with Crippen LogP contribution in [-0.2, 0) is 4.79 Å². The monoisotopic (exact) mass is 214 g/mol. The van der Waals surface area contributed by atoms with Gasteiger partial charge in [0.2, 0.25) is 0 Å². The molecule has 1 heterocycles. The Morgan fingerprint density at radius 1 is 1.53 bits per heavy atom. The number of carbonyl (C=O) groups excluding carboxylic acids is 1. The van der Waals surface area contributed by atoms with Crippen LogP contribution in [0, 0.1) is 5.92 Å². The quantitative estimate of drug-likeness (QED) is 0.741. The molecule has 1 rings (SSSR count). The van der Waals surface area contributed by atoms with Gasteiger partial charge in [0.25, 0.3) is 0 Å². The maximum absolute atomic E-state index is 11.8. The van der Waals surface area contributed by atoms with Gasteiger partial charge in [-0.3, -0.25) is 4.79 Å². The molecule has 1 aliphatic rings. The molecule has 5 heteroatoms. The van der Waals surface area contributed by atoms with Crippen LogP contribution in [0.4, 0.5) is 4.79 Å². The summed E-state index contributed by atoms with van der Waals surface area (Å²) in [6.45, 7) is 3.36. The van der Waals surface area contributed by atoms with Gasteiger partial charge in [-0.15, -0.1) is 0 Å². The molecular weight excluding hydrogens is 196 g/mol. The summed E-state index contributed by atoms with van der Waals surface area (Å²) in [5.41, 5.74) is 0. The number of urea groups is 1. The third-order valence-electron chi connectivity index (χ3n) is 2.63. The number of hydrogen-bond acceptors (Lipinski definition) is 2. The second kappa shape index (κ2) is 5.00. The first kappa shape index (κ1) is 11.8. The van der Waals surface area contributed by atoms with Gasteiger partial charge in [0.15, 0.2) is 0 Å². The molecule has 1 atom stereocenters. The fourth-order valence-electron chi connectivity index (χ4n) is 1.88. The molecule has 86 valence electrons. The Labute approximate surface area is 89.7 Å². The summed E-state index contributed by atoms with van der Waals surface area (Å²) in [6, 6.07) is -0.177. The van der Waals surface area contributed by atoms with Gasteiger partial charge in [0.1, 0.15) is 6.54 Å². The summed E-state index contributed by atoms with van der Waals surface area (Å²) in [4.78, 5) is 25.2. The first-order valence-corrected chi connectivity index (χ1v) is 5.22. The van der Waals surface area contributed by atoms with Crippen molar-refractivity contribution in [2.75, 3.05) is 26.7 Å². The minimum Gasteiger partial charge on any atom is -0.480 e. The average molecular weight is 214 g/mol. The topological polar surface area (TPSA) is 60.9 Å². The van der Waals surface area contributed by atoms with Crippen LogP contribution < -0.4 is 0 Å². The van der Waals surface area contributed by atoms with E-state index in [0.717, 1.165) is 25.9 Å². The van der Waals surface area contributed by atoms with E-state index in [9.17, 15) is 9.59 Å². The second-order valence-electron chi connectivity index (χ2n) is 4.23. The van der Waals surface area contributed by atoms with E-state index in [2.05, 4.69) is 6.92 Å². The van der Waals surface area contributed by atoms with Crippen LogP contribution in [0.25, 0.3) is 0 Å². The molecule has 1 unspecified atom stereocenters.